The first-order valence-corrected chi connectivity index (χ1v) is 7.27. The van der Waals surface area contributed by atoms with Crippen LogP contribution in [-0.4, -0.2) is 35.0 Å². The van der Waals surface area contributed by atoms with Crippen molar-refractivity contribution >= 4 is 11.9 Å². The summed E-state index contributed by atoms with van der Waals surface area (Å²) < 4.78 is 5.11. The highest BCUT2D eigenvalue weighted by Crippen LogP contribution is 2.36. The predicted octanol–water partition coefficient (Wildman–Crippen LogP) is 2.63. The number of fused-ring (bicyclic) bond motifs is 1. The van der Waals surface area contributed by atoms with Crippen molar-refractivity contribution in [2.24, 2.45) is 11.8 Å². The number of hydrogen-bond acceptors (Lipinski definition) is 3. The minimum absolute atomic E-state index is 0.136. The quantitative estimate of drug-likeness (QED) is 0.902. The molecule has 2 aliphatic rings. The van der Waals surface area contributed by atoms with Crippen LogP contribution in [0.25, 0.3) is 0 Å². The average Bonchev–Trinajstić information content (AvgIpc) is 2.96. The molecule has 0 radical (unpaired) electrons. The van der Waals surface area contributed by atoms with Gasteiger partial charge in [-0.3, -0.25) is 4.79 Å². The van der Waals surface area contributed by atoms with Crippen LogP contribution in [-0.2, 0) is 0 Å². The summed E-state index contributed by atoms with van der Waals surface area (Å²) in [5.74, 6) is 0.00321. The van der Waals surface area contributed by atoms with Crippen LogP contribution in [0.15, 0.2) is 16.5 Å². The Labute approximate surface area is 117 Å². The maximum absolute atomic E-state index is 12.3. The van der Waals surface area contributed by atoms with E-state index in [0.29, 0.717) is 5.92 Å². The van der Waals surface area contributed by atoms with Gasteiger partial charge < -0.3 is 14.4 Å². The standard InChI is InChI=1S/C15H19NO4/c17-14(12-5-6-13(20-12)15(18)19)16-8-7-10-3-1-2-4-11(10)9-16/h5-6,10-11H,1-4,7-9H2,(H,18,19). The number of furan rings is 1. The first kappa shape index (κ1) is 13.2. The van der Waals surface area contributed by atoms with Crippen LogP contribution in [0.2, 0.25) is 0 Å². The third-order valence-electron chi connectivity index (χ3n) is 4.61. The molecule has 2 fully saturated rings. The highest BCUT2D eigenvalue weighted by molar-refractivity contribution is 5.93. The van der Waals surface area contributed by atoms with Gasteiger partial charge in [-0.25, -0.2) is 4.79 Å². The molecular weight excluding hydrogens is 258 g/mol. The predicted molar refractivity (Wildman–Crippen MR) is 71.6 cm³/mol. The number of carboxylic acids is 1. The van der Waals surface area contributed by atoms with Crippen LogP contribution >= 0.6 is 0 Å². The van der Waals surface area contributed by atoms with E-state index in [1.165, 1.54) is 37.8 Å². The molecule has 0 bridgehead atoms. The van der Waals surface area contributed by atoms with Gasteiger partial charge in [-0.2, -0.15) is 0 Å². The largest absolute Gasteiger partial charge is 0.475 e. The van der Waals surface area contributed by atoms with Gasteiger partial charge in [-0.05, 0) is 36.8 Å². The summed E-state index contributed by atoms with van der Waals surface area (Å²) in [7, 11) is 0. The number of rotatable bonds is 2. The van der Waals surface area contributed by atoms with Gasteiger partial charge in [0.25, 0.3) is 5.91 Å². The lowest BCUT2D eigenvalue weighted by Gasteiger charge is -2.41. The molecule has 0 spiro atoms. The normalized spacial score (nSPS) is 26.1. The molecule has 1 aromatic rings. The second-order valence-electron chi connectivity index (χ2n) is 5.81. The van der Waals surface area contributed by atoms with Crippen molar-refractivity contribution in [2.45, 2.75) is 32.1 Å². The Morgan fingerprint density at radius 3 is 2.50 bits per heavy atom. The molecule has 1 saturated carbocycles. The second kappa shape index (κ2) is 5.31. The van der Waals surface area contributed by atoms with Crippen LogP contribution in [0.4, 0.5) is 0 Å². The van der Waals surface area contributed by atoms with Gasteiger partial charge in [0.2, 0.25) is 5.76 Å². The maximum Gasteiger partial charge on any atom is 0.371 e. The fraction of sp³-hybridized carbons (Fsp3) is 0.600. The molecule has 2 heterocycles. The number of carbonyl (C=O) groups excluding carboxylic acids is 1. The summed E-state index contributed by atoms with van der Waals surface area (Å²) >= 11 is 0. The number of carbonyl (C=O) groups is 2. The molecule has 1 aliphatic carbocycles. The Bertz CT molecular complexity index is 522. The van der Waals surface area contributed by atoms with Crippen LogP contribution < -0.4 is 0 Å². The minimum Gasteiger partial charge on any atom is -0.475 e. The molecule has 3 rings (SSSR count). The van der Waals surface area contributed by atoms with E-state index in [2.05, 4.69) is 0 Å². The van der Waals surface area contributed by atoms with Crippen molar-refractivity contribution in [3.8, 4) is 0 Å². The lowest BCUT2D eigenvalue weighted by Crippen LogP contribution is -2.44. The highest BCUT2D eigenvalue weighted by Gasteiger charge is 2.34. The topological polar surface area (TPSA) is 70.8 Å². The summed E-state index contributed by atoms with van der Waals surface area (Å²) in [4.78, 5) is 24.9. The van der Waals surface area contributed by atoms with E-state index in [1.54, 1.807) is 0 Å². The first-order valence-electron chi connectivity index (χ1n) is 7.27. The van der Waals surface area contributed by atoms with Gasteiger partial charge in [0.15, 0.2) is 5.76 Å². The Morgan fingerprint density at radius 2 is 1.80 bits per heavy atom. The zero-order chi connectivity index (χ0) is 14.1. The van der Waals surface area contributed by atoms with Crippen molar-refractivity contribution in [2.75, 3.05) is 13.1 Å². The van der Waals surface area contributed by atoms with Crippen LogP contribution in [0, 0.1) is 11.8 Å². The molecule has 1 amide bonds. The van der Waals surface area contributed by atoms with E-state index in [1.807, 2.05) is 4.90 Å². The molecule has 2 unspecified atom stereocenters. The van der Waals surface area contributed by atoms with E-state index in [4.69, 9.17) is 9.52 Å². The molecule has 5 heteroatoms. The molecule has 20 heavy (non-hydrogen) atoms. The molecule has 1 aliphatic heterocycles. The Kier molecular flexibility index (Phi) is 3.51. The van der Waals surface area contributed by atoms with E-state index >= 15 is 0 Å². The molecular formula is C15H19NO4. The number of aromatic carboxylic acids is 1. The Balaban J connectivity index is 1.69. The minimum atomic E-state index is -1.14. The maximum atomic E-state index is 12.3. The third-order valence-corrected chi connectivity index (χ3v) is 4.61. The SMILES string of the molecule is O=C(O)c1ccc(C(=O)N2CCC3CCCCC3C2)o1. The van der Waals surface area contributed by atoms with Gasteiger partial charge >= 0.3 is 5.97 Å². The lowest BCUT2D eigenvalue weighted by molar-refractivity contribution is 0.0487. The number of likely N-dealkylation sites (tertiary alicyclic amines) is 1. The zero-order valence-electron chi connectivity index (χ0n) is 11.4. The van der Waals surface area contributed by atoms with E-state index in [9.17, 15) is 9.59 Å². The van der Waals surface area contributed by atoms with Gasteiger partial charge in [0.05, 0.1) is 0 Å². The molecule has 5 nitrogen and oxygen atoms in total. The lowest BCUT2D eigenvalue weighted by atomic mass is 9.75. The number of carboxylic acid groups (broad SMARTS) is 1. The summed E-state index contributed by atoms with van der Waals surface area (Å²) in [6.07, 6.45) is 6.12. The summed E-state index contributed by atoms with van der Waals surface area (Å²) in [5, 5.41) is 8.83. The molecule has 1 aromatic heterocycles. The summed E-state index contributed by atoms with van der Waals surface area (Å²) in [5.41, 5.74) is 0. The molecule has 1 N–H and O–H groups in total. The first-order chi connectivity index (χ1) is 9.65. The number of amides is 1. The summed E-state index contributed by atoms with van der Waals surface area (Å²) in [6, 6.07) is 2.79. The molecule has 108 valence electrons. The fourth-order valence-electron chi connectivity index (χ4n) is 3.51. The van der Waals surface area contributed by atoms with Crippen molar-refractivity contribution in [1.29, 1.82) is 0 Å². The van der Waals surface area contributed by atoms with Crippen molar-refractivity contribution in [3.05, 3.63) is 23.7 Å². The van der Waals surface area contributed by atoms with Gasteiger partial charge in [0, 0.05) is 13.1 Å². The van der Waals surface area contributed by atoms with Crippen LogP contribution in [0.5, 0.6) is 0 Å². The Morgan fingerprint density at radius 1 is 1.10 bits per heavy atom. The third kappa shape index (κ3) is 2.44. The van der Waals surface area contributed by atoms with Crippen molar-refractivity contribution in [3.63, 3.8) is 0 Å². The highest BCUT2D eigenvalue weighted by atomic mass is 16.4. The van der Waals surface area contributed by atoms with Crippen LogP contribution in [0.1, 0.15) is 53.2 Å². The van der Waals surface area contributed by atoms with Gasteiger partial charge in [-0.15, -0.1) is 0 Å². The molecule has 0 aromatic carbocycles. The van der Waals surface area contributed by atoms with Crippen LogP contribution in [0.3, 0.4) is 0 Å². The van der Waals surface area contributed by atoms with E-state index in [0.717, 1.165) is 25.4 Å². The van der Waals surface area contributed by atoms with Crippen molar-refractivity contribution < 1.29 is 19.1 Å². The number of nitrogens with zero attached hydrogens (tertiary/aromatic N) is 1. The Hall–Kier alpha value is -1.78. The average molecular weight is 277 g/mol. The van der Waals surface area contributed by atoms with Crippen molar-refractivity contribution in [1.82, 2.24) is 4.90 Å². The van der Waals surface area contributed by atoms with E-state index in [-0.39, 0.29) is 17.4 Å². The van der Waals surface area contributed by atoms with Gasteiger partial charge in [0.1, 0.15) is 0 Å². The smallest absolute Gasteiger partial charge is 0.371 e. The molecule has 1 saturated heterocycles. The number of piperidine rings is 1. The van der Waals surface area contributed by atoms with Gasteiger partial charge in [-0.1, -0.05) is 19.3 Å². The molecule has 2 atom stereocenters. The number of hydrogen-bond donors (Lipinski definition) is 1. The monoisotopic (exact) mass is 277 g/mol. The summed E-state index contributed by atoms with van der Waals surface area (Å²) in [6.45, 7) is 1.54. The zero-order valence-corrected chi connectivity index (χ0v) is 11.4. The fourth-order valence-corrected chi connectivity index (χ4v) is 3.51. The van der Waals surface area contributed by atoms with E-state index < -0.39 is 5.97 Å². The second-order valence-corrected chi connectivity index (χ2v) is 5.81.